The van der Waals surface area contributed by atoms with Gasteiger partial charge < -0.3 is 20.8 Å². The number of para-hydroxylation sites is 1. The number of rotatable bonds is 6. The molecule has 0 spiro atoms. The van der Waals surface area contributed by atoms with Crippen LogP contribution in [0.3, 0.4) is 0 Å². The smallest absolute Gasteiger partial charge is 0.337 e. The SMILES string of the molecule is CC(C)(C)NS(=O)(=O)c1ccccc1NC(=O)NCC(C)(O)C(=O)O. The second-order valence-electron chi connectivity index (χ2n) is 6.74. The van der Waals surface area contributed by atoms with Crippen molar-refractivity contribution < 1.29 is 28.2 Å². The number of carbonyl (C=O) groups excluding carboxylic acids is 1. The van der Waals surface area contributed by atoms with Gasteiger partial charge in [-0.2, -0.15) is 0 Å². The zero-order chi connectivity index (χ0) is 19.5. The maximum atomic E-state index is 12.5. The number of amides is 2. The van der Waals surface area contributed by atoms with Gasteiger partial charge >= 0.3 is 12.0 Å². The third-order valence-electron chi connectivity index (χ3n) is 2.92. The Hall–Kier alpha value is -2.17. The van der Waals surface area contributed by atoms with E-state index in [0.717, 1.165) is 6.92 Å². The van der Waals surface area contributed by atoms with Crippen LogP contribution in [0.1, 0.15) is 27.7 Å². The van der Waals surface area contributed by atoms with Crippen LogP contribution in [0.15, 0.2) is 29.2 Å². The van der Waals surface area contributed by atoms with E-state index in [0.29, 0.717) is 0 Å². The van der Waals surface area contributed by atoms with Crippen LogP contribution in [0.4, 0.5) is 10.5 Å². The Kier molecular flexibility index (Phi) is 6.16. The lowest BCUT2D eigenvalue weighted by Gasteiger charge is -2.22. The quantitative estimate of drug-likeness (QED) is 0.497. The first-order chi connectivity index (χ1) is 11.2. The number of anilines is 1. The number of sulfonamides is 1. The molecule has 0 aliphatic carbocycles. The van der Waals surface area contributed by atoms with Crippen LogP contribution < -0.4 is 15.4 Å². The summed E-state index contributed by atoms with van der Waals surface area (Å²) in [7, 11) is -3.89. The molecule has 1 rings (SSSR count). The van der Waals surface area contributed by atoms with Crippen LogP contribution in [-0.2, 0) is 14.8 Å². The highest BCUT2D eigenvalue weighted by atomic mass is 32.2. The summed E-state index contributed by atoms with van der Waals surface area (Å²) in [6, 6.07) is 4.93. The van der Waals surface area contributed by atoms with Gasteiger partial charge in [-0.05, 0) is 39.8 Å². The molecule has 10 heteroatoms. The van der Waals surface area contributed by atoms with Crippen LogP contribution >= 0.6 is 0 Å². The van der Waals surface area contributed by atoms with E-state index >= 15 is 0 Å². The number of hydrogen-bond acceptors (Lipinski definition) is 5. The van der Waals surface area contributed by atoms with Crippen LogP contribution in [0.2, 0.25) is 0 Å². The van der Waals surface area contributed by atoms with E-state index in [2.05, 4.69) is 15.4 Å². The number of carboxylic acids is 1. The molecule has 0 aromatic heterocycles. The summed E-state index contributed by atoms with van der Waals surface area (Å²) in [6.45, 7) is 5.52. The monoisotopic (exact) mass is 373 g/mol. The van der Waals surface area contributed by atoms with Gasteiger partial charge in [0.25, 0.3) is 0 Å². The standard InChI is InChI=1S/C15H23N3O6S/c1-14(2,3)18-25(23,24)11-8-6-5-7-10(11)17-13(21)16-9-15(4,22)12(19)20/h5-8,18,22H,9H2,1-4H3,(H,19,20)(H2,16,17,21). The van der Waals surface area contributed by atoms with Crippen molar-refractivity contribution in [1.29, 1.82) is 0 Å². The highest BCUT2D eigenvalue weighted by Gasteiger charge is 2.30. The molecule has 5 N–H and O–H groups in total. The summed E-state index contributed by atoms with van der Waals surface area (Å²) in [5.74, 6) is -1.50. The second kappa shape index (κ2) is 7.38. The second-order valence-corrected chi connectivity index (χ2v) is 8.39. The lowest BCUT2D eigenvalue weighted by atomic mass is 10.1. The fourth-order valence-corrected chi connectivity index (χ4v) is 3.34. The molecule has 0 heterocycles. The summed E-state index contributed by atoms with van der Waals surface area (Å²) < 4.78 is 27.4. The van der Waals surface area contributed by atoms with Gasteiger partial charge in [-0.3, -0.25) is 0 Å². The number of aliphatic carboxylic acids is 1. The van der Waals surface area contributed by atoms with E-state index in [1.807, 2.05) is 0 Å². The molecule has 140 valence electrons. The molecule has 0 aliphatic rings. The van der Waals surface area contributed by atoms with Crippen molar-refractivity contribution in [3.8, 4) is 0 Å². The molecule has 1 aromatic rings. The minimum atomic E-state index is -3.89. The van der Waals surface area contributed by atoms with Gasteiger partial charge in [0, 0.05) is 5.54 Å². The Morgan fingerprint density at radius 2 is 1.68 bits per heavy atom. The van der Waals surface area contributed by atoms with Crippen molar-refractivity contribution in [3.05, 3.63) is 24.3 Å². The first kappa shape index (κ1) is 20.9. The lowest BCUT2D eigenvalue weighted by Crippen LogP contribution is -2.47. The fourth-order valence-electron chi connectivity index (χ4n) is 1.76. The number of carboxylic acid groups (broad SMARTS) is 1. The van der Waals surface area contributed by atoms with Gasteiger partial charge in [0.05, 0.1) is 12.2 Å². The van der Waals surface area contributed by atoms with E-state index in [9.17, 15) is 23.1 Å². The van der Waals surface area contributed by atoms with Crippen molar-refractivity contribution in [2.45, 2.75) is 43.7 Å². The lowest BCUT2D eigenvalue weighted by molar-refractivity contribution is -0.155. The Labute approximate surface area is 146 Å². The van der Waals surface area contributed by atoms with E-state index in [-0.39, 0.29) is 10.6 Å². The highest BCUT2D eigenvalue weighted by molar-refractivity contribution is 7.89. The molecule has 2 amide bonds. The third-order valence-corrected chi connectivity index (χ3v) is 4.74. The number of aliphatic hydroxyl groups is 1. The summed E-state index contributed by atoms with van der Waals surface area (Å²) in [6.07, 6.45) is 0. The third kappa shape index (κ3) is 6.33. The molecule has 0 bridgehead atoms. The number of nitrogens with one attached hydrogen (secondary N) is 3. The minimum absolute atomic E-state index is 0.0201. The van der Waals surface area contributed by atoms with Gasteiger partial charge in [-0.25, -0.2) is 22.7 Å². The molecule has 1 aromatic carbocycles. The van der Waals surface area contributed by atoms with Crippen molar-refractivity contribution in [1.82, 2.24) is 10.0 Å². The summed E-state index contributed by atoms with van der Waals surface area (Å²) in [5, 5.41) is 22.9. The minimum Gasteiger partial charge on any atom is -0.479 e. The Morgan fingerprint density at radius 1 is 1.12 bits per heavy atom. The van der Waals surface area contributed by atoms with Crippen LogP contribution in [0.25, 0.3) is 0 Å². The molecule has 0 fully saturated rings. The van der Waals surface area contributed by atoms with Gasteiger partial charge in [0.15, 0.2) is 5.60 Å². The van der Waals surface area contributed by atoms with Crippen molar-refractivity contribution in [2.75, 3.05) is 11.9 Å². The van der Waals surface area contributed by atoms with Crippen LogP contribution in [-0.4, -0.2) is 48.3 Å². The van der Waals surface area contributed by atoms with E-state index in [1.54, 1.807) is 26.8 Å². The molecule has 1 atom stereocenters. The van der Waals surface area contributed by atoms with Gasteiger partial charge in [-0.15, -0.1) is 0 Å². The molecule has 25 heavy (non-hydrogen) atoms. The fraction of sp³-hybridized carbons (Fsp3) is 0.467. The largest absolute Gasteiger partial charge is 0.479 e. The average molecular weight is 373 g/mol. The summed E-state index contributed by atoms with van der Waals surface area (Å²) in [4.78, 5) is 22.6. The molecule has 1 unspecified atom stereocenters. The van der Waals surface area contributed by atoms with Gasteiger partial charge in [0.1, 0.15) is 4.90 Å². The number of hydrogen-bond donors (Lipinski definition) is 5. The van der Waals surface area contributed by atoms with Crippen LogP contribution in [0.5, 0.6) is 0 Å². The van der Waals surface area contributed by atoms with Gasteiger partial charge in [0.2, 0.25) is 10.0 Å². The Morgan fingerprint density at radius 3 is 2.20 bits per heavy atom. The predicted molar refractivity (Wildman–Crippen MR) is 91.8 cm³/mol. The topological polar surface area (TPSA) is 145 Å². The first-order valence-electron chi connectivity index (χ1n) is 7.38. The number of benzene rings is 1. The molecule has 0 radical (unpaired) electrons. The number of carbonyl (C=O) groups is 2. The highest BCUT2D eigenvalue weighted by Crippen LogP contribution is 2.22. The molecule has 9 nitrogen and oxygen atoms in total. The van der Waals surface area contributed by atoms with Gasteiger partial charge in [-0.1, -0.05) is 12.1 Å². The zero-order valence-corrected chi connectivity index (χ0v) is 15.3. The molecular weight excluding hydrogens is 350 g/mol. The van der Waals surface area contributed by atoms with Crippen molar-refractivity contribution in [3.63, 3.8) is 0 Å². The first-order valence-corrected chi connectivity index (χ1v) is 8.86. The Balaban J connectivity index is 2.94. The normalized spacial score (nSPS) is 14.4. The molecule has 0 aliphatic heterocycles. The summed E-state index contributed by atoms with van der Waals surface area (Å²) >= 11 is 0. The van der Waals surface area contributed by atoms with Crippen molar-refractivity contribution >= 4 is 27.7 Å². The average Bonchev–Trinajstić information content (AvgIpc) is 2.43. The molecule has 0 saturated heterocycles. The van der Waals surface area contributed by atoms with Crippen molar-refractivity contribution in [2.24, 2.45) is 0 Å². The zero-order valence-electron chi connectivity index (χ0n) is 14.5. The maximum Gasteiger partial charge on any atom is 0.337 e. The maximum absolute atomic E-state index is 12.5. The summed E-state index contributed by atoms with van der Waals surface area (Å²) in [5.41, 5.74) is -2.84. The Bertz CT molecular complexity index is 753. The van der Waals surface area contributed by atoms with E-state index < -0.39 is 39.7 Å². The van der Waals surface area contributed by atoms with Crippen LogP contribution in [0, 0.1) is 0 Å². The van der Waals surface area contributed by atoms with E-state index in [4.69, 9.17) is 5.11 Å². The number of urea groups is 1. The van der Waals surface area contributed by atoms with E-state index in [1.165, 1.54) is 18.2 Å². The molecule has 0 saturated carbocycles. The predicted octanol–water partition coefficient (Wildman–Crippen LogP) is 0.720. The molecular formula is C15H23N3O6S.